The lowest BCUT2D eigenvalue weighted by Crippen LogP contribution is -2.26. The molecule has 0 saturated carbocycles. The van der Waals surface area contributed by atoms with Crippen molar-refractivity contribution in [2.24, 2.45) is 0 Å². The van der Waals surface area contributed by atoms with Gasteiger partial charge in [-0.25, -0.2) is 4.98 Å². The molecule has 0 radical (unpaired) electrons. The average molecular weight is 481 g/mol. The Morgan fingerprint density at radius 3 is 2.64 bits per heavy atom. The first-order valence-corrected chi connectivity index (χ1v) is 11.3. The molecular weight excluding hydrogens is 460 g/mol. The summed E-state index contributed by atoms with van der Waals surface area (Å²) in [5.74, 6) is 0.00341. The van der Waals surface area contributed by atoms with Gasteiger partial charge in [-0.1, -0.05) is 39.8 Å². The van der Waals surface area contributed by atoms with Gasteiger partial charge in [-0.15, -0.1) is 11.3 Å². The molecule has 28 heavy (non-hydrogen) atoms. The number of thiophene rings is 1. The third kappa shape index (κ3) is 4.25. The monoisotopic (exact) mass is 480 g/mol. The van der Waals surface area contributed by atoms with E-state index in [0.29, 0.717) is 29.3 Å². The number of halogens is 1. The van der Waals surface area contributed by atoms with E-state index < -0.39 is 0 Å². The zero-order valence-electron chi connectivity index (χ0n) is 16.1. The molecule has 3 rings (SSSR count). The van der Waals surface area contributed by atoms with Crippen molar-refractivity contribution < 1.29 is 9.53 Å². The maximum absolute atomic E-state index is 13.1. The summed E-state index contributed by atoms with van der Waals surface area (Å²) in [4.78, 5) is 32.5. The summed E-state index contributed by atoms with van der Waals surface area (Å²) in [6, 6.07) is 7.29. The summed E-state index contributed by atoms with van der Waals surface area (Å²) >= 11 is 6.21. The molecule has 0 fully saturated rings. The Bertz CT molecular complexity index is 1070. The van der Waals surface area contributed by atoms with Crippen molar-refractivity contribution in [2.45, 2.75) is 37.7 Å². The van der Waals surface area contributed by atoms with Crippen LogP contribution in [0.15, 0.2) is 38.7 Å². The second kappa shape index (κ2) is 8.90. The van der Waals surface area contributed by atoms with Crippen LogP contribution in [0.25, 0.3) is 10.2 Å². The summed E-state index contributed by atoms with van der Waals surface area (Å²) in [7, 11) is 1.60. The number of hydrogen-bond donors (Lipinski definition) is 0. The van der Waals surface area contributed by atoms with Crippen LogP contribution >= 0.6 is 39.0 Å². The van der Waals surface area contributed by atoms with Crippen molar-refractivity contribution in [3.05, 3.63) is 55.1 Å². The minimum Gasteiger partial charge on any atom is -0.383 e. The Morgan fingerprint density at radius 1 is 1.32 bits per heavy atom. The predicted molar refractivity (Wildman–Crippen MR) is 119 cm³/mol. The number of methoxy groups -OCH3 is 1. The molecule has 0 aliphatic carbocycles. The van der Waals surface area contributed by atoms with Crippen LogP contribution in [0.3, 0.4) is 0 Å². The third-order valence-electron chi connectivity index (χ3n) is 4.55. The number of carbonyl (C=O) groups excluding carboxylic acids is 1. The number of thioether (sulfide) groups is 1. The lowest BCUT2D eigenvalue weighted by atomic mass is 10.1. The fourth-order valence-electron chi connectivity index (χ4n) is 2.84. The van der Waals surface area contributed by atoms with E-state index in [2.05, 4.69) is 15.9 Å². The number of benzene rings is 1. The van der Waals surface area contributed by atoms with Crippen LogP contribution in [-0.2, 0) is 11.3 Å². The van der Waals surface area contributed by atoms with Crippen LogP contribution < -0.4 is 5.56 Å². The highest BCUT2D eigenvalue weighted by molar-refractivity contribution is 9.10. The predicted octanol–water partition coefficient (Wildman–Crippen LogP) is 4.85. The molecule has 8 heteroatoms. The first-order chi connectivity index (χ1) is 13.3. The van der Waals surface area contributed by atoms with Gasteiger partial charge >= 0.3 is 0 Å². The number of rotatable bonds is 7. The Morgan fingerprint density at radius 2 is 2.00 bits per heavy atom. The molecule has 0 N–H and O–H groups in total. The van der Waals surface area contributed by atoms with Gasteiger partial charge in [-0.3, -0.25) is 14.2 Å². The van der Waals surface area contributed by atoms with Crippen LogP contribution in [0.4, 0.5) is 0 Å². The molecule has 0 amide bonds. The highest BCUT2D eigenvalue weighted by Gasteiger charge is 2.22. The van der Waals surface area contributed by atoms with Gasteiger partial charge in [0.05, 0.1) is 23.8 Å². The molecule has 148 valence electrons. The summed E-state index contributed by atoms with van der Waals surface area (Å²) in [5.41, 5.74) is 1.53. The number of ketones is 1. The number of aromatic nitrogens is 2. The topological polar surface area (TPSA) is 61.2 Å². The van der Waals surface area contributed by atoms with Gasteiger partial charge in [-0.05, 0) is 38.5 Å². The molecule has 0 saturated heterocycles. The minimum atomic E-state index is -0.374. The van der Waals surface area contributed by atoms with Gasteiger partial charge in [0, 0.05) is 22.0 Å². The Hall–Kier alpha value is -1.48. The first kappa shape index (κ1) is 21.2. The molecule has 2 aromatic heterocycles. The summed E-state index contributed by atoms with van der Waals surface area (Å²) in [5, 5.41) is 0.838. The van der Waals surface area contributed by atoms with Gasteiger partial charge in [0.2, 0.25) is 0 Å². The van der Waals surface area contributed by atoms with E-state index in [0.717, 1.165) is 19.7 Å². The SMILES string of the molecule is COCCn1c(S[C@H](C)C(=O)c2ccc(Br)cc2)nc2sc(C)c(C)c2c1=O. The molecule has 2 heterocycles. The number of fused-ring (bicyclic) bond motifs is 1. The standard InChI is InChI=1S/C20H21BrN2O3S2/c1-11-12(2)27-18-16(11)19(25)23(9-10-26-4)20(22-18)28-13(3)17(24)14-5-7-15(21)8-6-14/h5-8,13H,9-10H2,1-4H3/t13-/m1/s1. The van der Waals surface area contributed by atoms with Crippen molar-refractivity contribution in [3.8, 4) is 0 Å². The quantitative estimate of drug-likeness (QED) is 0.274. The molecular formula is C20H21BrN2O3S2. The average Bonchev–Trinajstić information content (AvgIpc) is 2.95. The molecule has 3 aromatic rings. The molecule has 0 aliphatic rings. The fraction of sp³-hybridized carbons (Fsp3) is 0.350. The van der Waals surface area contributed by atoms with Crippen molar-refractivity contribution >= 4 is 55.0 Å². The zero-order chi connectivity index (χ0) is 20.4. The molecule has 1 aromatic carbocycles. The van der Waals surface area contributed by atoms with Crippen LogP contribution in [0.5, 0.6) is 0 Å². The van der Waals surface area contributed by atoms with Crippen LogP contribution in [0.1, 0.15) is 27.7 Å². The lowest BCUT2D eigenvalue weighted by Gasteiger charge is -2.15. The summed E-state index contributed by atoms with van der Waals surface area (Å²) in [6.07, 6.45) is 0. The maximum Gasteiger partial charge on any atom is 0.263 e. The number of hydrogen-bond acceptors (Lipinski definition) is 6. The summed E-state index contributed by atoms with van der Waals surface area (Å²) < 4.78 is 7.72. The Balaban J connectivity index is 1.99. The second-order valence-electron chi connectivity index (χ2n) is 6.44. The maximum atomic E-state index is 13.1. The van der Waals surface area contributed by atoms with Crippen molar-refractivity contribution in [1.29, 1.82) is 0 Å². The largest absolute Gasteiger partial charge is 0.383 e. The van der Waals surface area contributed by atoms with Crippen LogP contribution in [0.2, 0.25) is 0 Å². The fourth-order valence-corrected chi connectivity index (χ4v) is 5.19. The zero-order valence-corrected chi connectivity index (χ0v) is 19.3. The lowest BCUT2D eigenvalue weighted by molar-refractivity contribution is 0.0994. The Kier molecular flexibility index (Phi) is 6.75. The van der Waals surface area contributed by atoms with Crippen molar-refractivity contribution in [3.63, 3.8) is 0 Å². The van der Waals surface area contributed by atoms with Gasteiger partial charge in [-0.2, -0.15) is 0 Å². The highest BCUT2D eigenvalue weighted by atomic mass is 79.9. The van der Waals surface area contributed by atoms with Crippen molar-refractivity contribution in [1.82, 2.24) is 9.55 Å². The molecule has 0 spiro atoms. The van der Waals surface area contributed by atoms with Crippen molar-refractivity contribution in [2.75, 3.05) is 13.7 Å². The number of Topliss-reactive ketones (excluding diaryl/α,β-unsaturated/α-hetero) is 1. The number of aryl methyl sites for hydroxylation is 2. The van der Waals surface area contributed by atoms with Gasteiger partial charge in [0.25, 0.3) is 5.56 Å². The minimum absolute atomic E-state index is 0.00341. The van der Waals surface area contributed by atoms with E-state index in [1.54, 1.807) is 23.8 Å². The van der Waals surface area contributed by atoms with E-state index >= 15 is 0 Å². The molecule has 0 unspecified atom stereocenters. The van der Waals surface area contributed by atoms with E-state index in [1.165, 1.54) is 23.1 Å². The van der Waals surface area contributed by atoms with Gasteiger partial charge in [0.15, 0.2) is 10.9 Å². The van der Waals surface area contributed by atoms with Crippen LogP contribution in [-0.4, -0.2) is 34.3 Å². The highest BCUT2D eigenvalue weighted by Crippen LogP contribution is 2.30. The van der Waals surface area contributed by atoms with Gasteiger partial charge < -0.3 is 4.74 Å². The van der Waals surface area contributed by atoms with E-state index in [-0.39, 0.29) is 16.6 Å². The molecule has 5 nitrogen and oxygen atoms in total. The molecule has 0 aliphatic heterocycles. The second-order valence-corrected chi connectivity index (χ2v) is 9.87. The van der Waals surface area contributed by atoms with Crippen LogP contribution in [0, 0.1) is 13.8 Å². The number of ether oxygens (including phenoxy) is 1. The Labute approximate surface area is 180 Å². The molecule has 1 atom stereocenters. The smallest absolute Gasteiger partial charge is 0.263 e. The first-order valence-electron chi connectivity index (χ1n) is 8.79. The molecule has 0 bridgehead atoms. The van der Waals surface area contributed by atoms with E-state index in [1.807, 2.05) is 32.9 Å². The van der Waals surface area contributed by atoms with E-state index in [9.17, 15) is 9.59 Å². The number of carbonyl (C=O) groups is 1. The van der Waals surface area contributed by atoms with Gasteiger partial charge in [0.1, 0.15) is 4.83 Å². The normalized spacial score (nSPS) is 12.5. The van der Waals surface area contributed by atoms with E-state index in [4.69, 9.17) is 9.72 Å². The summed E-state index contributed by atoms with van der Waals surface area (Å²) in [6.45, 7) is 6.58. The third-order valence-corrected chi connectivity index (χ3v) is 7.27. The number of nitrogens with zero attached hydrogens (tertiary/aromatic N) is 2.